The molecule has 0 aromatic heterocycles. The molecule has 324 valence electrons. The molecule has 4 heteroatoms. The average Bonchev–Trinajstić information content (AvgIpc) is 3.56. The third kappa shape index (κ3) is 4.74. The molecule has 7 aliphatic rings. The molecular formula is C59H70BN3. The van der Waals surface area contributed by atoms with Crippen molar-refractivity contribution < 1.29 is 0 Å². The molecule has 0 saturated heterocycles. The van der Waals surface area contributed by atoms with Gasteiger partial charge in [0.2, 0.25) is 0 Å². The third-order valence-electron chi connectivity index (χ3n) is 19.1. The van der Waals surface area contributed by atoms with Crippen molar-refractivity contribution in [2.75, 3.05) is 14.7 Å². The monoisotopic (exact) mass is 832 g/mol. The van der Waals surface area contributed by atoms with Crippen LogP contribution in [0, 0.1) is 13.8 Å². The van der Waals surface area contributed by atoms with E-state index in [-0.39, 0.29) is 44.9 Å². The van der Waals surface area contributed by atoms with Gasteiger partial charge in [-0.25, -0.2) is 0 Å². The highest BCUT2D eigenvalue weighted by atomic mass is 15.3. The minimum atomic E-state index is -0.136. The molecule has 0 bridgehead atoms. The van der Waals surface area contributed by atoms with Crippen LogP contribution in [0.3, 0.4) is 0 Å². The molecule has 63 heavy (non-hydrogen) atoms. The van der Waals surface area contributed by atoms with Crippen molar-refractivity contribution in [3.05, 3.63) is 117 Å². The quantitative estimate of drug-likeness (QED) is 0.156. The van der Waals surface area contributed by atoms with E-state index in [1.165, 1.54) is 125 Å². The standard InChI is InChI=1S/C59H70BN3/c1-35-19-21-46-40(27-35)55(9,10)41-28-36(2)20-22-47(41)61(46)39-33-48-50-49(34-39)63-52-43(57(12)24-16-18-26-59(57,63)14)30-38(54(6,7)8)32-45(52)60(50)44-31-37(53(3,4)5)29-42-51(44)62(48)58(13)25-17-15-23-56(42,58)11/h19-22,27-34H,15-18,23-26H2,1-14H3. The van der Waals surface area contributed by atoms with Crippen molar-refractivity contribution in [3.63, 3.8) is 0 Å². The van der Waals surface area contributed by atoms with Gasteiger partial charge in [0.1, 0.15) is 0 Å². The van der Waals surface area contributed by atoms with Crippen LogP contribution in [0.1, 0.15) is 179 Å². The molecule has 5 aromatic carbocycles. The number of anilines is 7. The zero-order valence-corrected chi connectivity index (χ0v) is 41.0. The normalized spacial score (nSPS) is 27.9. The van der Waals surface area contributed by atoms with Crippen LogP contribution in [0.5, 0.6) is 0 Å². The predicted molar refractivity (Wildman–Crippen MR) is 270 cm³/mol. The Morgan fingerprint density at radius 1 is 0.476 bits per heavy atom. The van der Waals surface area contributed by atoms with E-state index in [2.05, 4.69) is 184 Å². The summed E-state index contributed by atoms with van der Waals surface area (Å²) < 4.78 is 0. The Kier molecular flexibility index (Phi) is 7.68. The van der Waals surface area contributed by atoms with Gasteiger partial charge in [-0.15, -0.1) is 0 Å². The van der Waals surface area contributed by atoms with E-state index in [0.717, 1.165) is 0 Å². The molecule has 4 atom stereocenters. The maximum atomic E-state index is 2.97. The Morgan fingerprint density at radius 2 is 0.889 bits per heavy atom. The van der Waals surface area contributed by atoms with E-state index in [9.17, 15) is 0 Å². The van der Waals surface area contributed by atoms with E-state index in [1.807, 2.05) is 0 Å². The number of aryl methyl sites for hydroxylation is 2. The second-order valence-corrected chi connectivity index (χ2v) is 25.1. The lowest BCUT2D eigenvalue weighted by Crippen LogP contribution is -2.66. The van der Waals surface area contributed by atoms with Crippen LogP contribution in [-0.4, -0.2) is 17.8 Å². The van der Waals surface area contributed by atoms with E-state index < -0.39 is 0 Å². The summed E-state index contributed by atoms with van der Waals surface area (Å²) in [5.41, 5.74) is 26.0. The van der Waals surface area contributed by atoms with Gasteiger partial charge in [0.15, 0.2) is 0 Å². The largest absolute Gasteiger partial charge is 0.335 e. The van der Waals surface area contributed by atoms with Gasteiger partial charge in [-0.2, -0.15) is 0 Å². The topological polar surface area (TPSA) is 9.72 Å². The molecular weight excluding hydrogens is 761 g/mol. The highest BCUT2D eigenvalue weighted by Gasteiger charge is 2.65. The fraction of sp³-hybridized carbons (Fsp3) is 0.492. The van der Waals surface area contributed by atoms with Gasteiger partial charge in [-0.1, -0.05) is 155 Å². The summed E-state index contributed by atoms with van der Waals surface area (Å²) in [6.45, 7) is 34.8. The lowest BCUT2D eigenvalue weighted by molar-refractivity contribution is 0.194. The smallest absolute Gasteiger partial charge is 0.252 e. The second-order valence-electron chi connectivity index (χ2n) is 25.1. The maximum absolute atomic E-state index is 2.97. The Balaban J connectivity index is 1.25. The van der Waals surface area contributed by atoms with Crippen molar-refractivity contribution in [1.29, 1.82) is 0 Å². The number of hydrogen-bond donors (Lipinski definition) is 0. The molecule has 5 aromatic rings. The highest BCUT2D eigenvalue weighted by Crippen LogP contribution is 2.66. The maximum Gasteiger partial charge on any atom is 0.252 e. The number of hydrogen-bond acceptors (Lipinski definition) is 3. The van der Waals surface area contributed by atoms with Crippen LogP contribution in [0.2, 0.25) is 0 Å². The van der Waals surface area contributed by atoms with Crippen molar-refractivity contribution in [3.8, 4) is 0 Å². The SMILES string of the molecule is Cc1ccc2c(c1)C(C)(C)c1cc(C)ccc1N2c1cc2c3c(c1)N1c4c(cc(C(C)(C)C)cc4C4(C)CCCCC14C)B3c1cc(C(C)(C)C)cc3c1N2C1(C)CCCCC31C. The lowest BCUT2D eigenvalue weighted by atomic mass is 9.33. The first-order chi connectivity index (χ1) is 29.5. The summed E-state index contributed by atoms with van der Waals surface area (Å²) in [6.07, 6.45) is 9.97. The van der Waals surface area contributed by atoms with E-state index in [0.29, 0.717) is 0 Å². The molecule has 5 aliphatic heterocycles. The molecule has 2 aliphatic carbocycles. The van der Waals surface area contributed by atoms with Gasteiger partial charge < -0.3 is 14.7 Å². The summed E-state index contributed by atoms with van der Waals surface area (Å²) in [5, 5.41) is 0. The Bertz CT molecular complexity index is 2680. The van der Waals surface area contributed by atoms with Crippen LogP contribution >= 0.6 is 0 Å². The van der Waals surface area contributed by atoms with Gasteiger partial charge in [0, 0.05) is 39.0 Å². The van der Waals surface area contributed by atoms with Gasteiger partial charge in [0.05, 0.1) is 28.1 Å². The molecule has 0 N–H and O–H groups in total. The van der Waals surface area contributed by atoms with E-state index in [1.54, 1.807) is 27.5 Å². The zero-order chi connectivity index (χ0) is 44.3. The first-order valence-electron chi connectivity index (χ1n) is 24.7. The molecule has 4 unspecified atom stereocenters. The van der Waals surface area contributed by atoms with E-state index in [4.69, 9.17) is 0 Å². The fourth-order valence-electron chi connectivity index (χ4n) is 14.9. The lowest BCUT2D eigenvalue weighted by Gasteiger charge is -2.55. The third-order valence-corrected chi connectivity index (χ3v) is 19.1. The number of fused-ring (bicyclic) bond motifs is 12. The van der Waals surface area contributed by atoms with Crippen molar-refractivity contribution in [1.82, 2.24) is 0 Å². The summed E-state index contributed by atoms with van der Waals surface area (Å²) in [6, 6.07) is 30.6. The number of benzene rings is 5. The van der Waals surface area contributed by atoms with Gasteiger partial charge >= 0.3 is 0 Å². The molecule has 2 fully saturated rings. The predicted octanol–water partition coefficient (Wildman–Crippen LogP) is 13.6. The summed E-state index contributed by atoms with van der Waals surface area (Å²) >= 11 is 0. The molecule has 2 saturated carbocycles. The number of nitrogens with zero attached hydrogens (tertiary/aromatic N) is 3. The fourth-order valence-corrected chi connectivity index (χ4v) is 14.9. The first kappa shape index (κ1) is 40.1. The Hall–Kier alpha value is -4.44. The van der Waals surface area contributed by atoms with Crippen molar-refractivity contribution in [2.24, 2.45) is 0 Å². The molecule has 0 radical (unpaired) electrons. The summed E-state index contributed by atoms with van der Waals surface area (Å²) in [4.78, 5) is 8.62. The van der Waals surface area contributed by atoms with Crippen molar-refractivity contribution in [2.45, 2.75) is 186 Å². The number of rotatable bonds is 1. The van der Waals surface area contributed by atoms with Crippen molar-refractivity contribution >= 4 is 62.9 Å². The first-order valence-corrected chi connectivity index (χ1v) is 24.7. The van der Waals surface area contributed by atoms with Crippen LogP contribution in [-0.2, 0) is 27.1 Å². The van der Waals surface area contributed by atoms with E-state index >= 15 is 0 Å². The summed E-state index contributed by atoms with van der Waals surface area (Å²) in [7, 11) is 0. The molecule has 5 heterocycles. The molecule has 12 rings (SSSR count). The molecule has 3 nitrogen and oxygen atoms in total. The van der Waals surface area contributed by atoms with Gasteiger partial charge in [-0.3, -0.25) is 0 Å². The van der Waals surface area contributed by atoms with Gasteiger partial charge in [0.25, 0.3) is 6.71 Å². The minimum absolute atomic E-state index is 0.0265. The molecule has 0 spiro atoms. The second kappa shape index (κ2) is 12.1. The Morgan fingerprint density at radius 3 is 1.30 bits per heavy atom. The summed E-state index contributed by atoms with van der Waals surface area (Å²) in [5.74, 6) is 0. The van der Waals surface area contributed by atoms with Crippen LogP contribution < -0.4 is 31.1 Å². The molecule has 0 amide bonds. The average molecular weight is 832 g/mol. The Labute approximate surface area is 379 Å². The van der Waals surface area contributed by atoms with Crippen LogP contribution in [0.25, 0.3) is 0 Å². The van der Waals surface area contributed by atoms with Crippen LogP contribution in [0.4, 0.5) is 39.8 Å². The van der Waals surface area contributed by atoms with Crippen LogP contribution in [0.15, 0.2) is 72.8 Å². The highest BCUT2D eigenvalue weighted by molar-refractivity contribution is 7.00. The van der Waals surface area contributed by atoms with Gasteiger partial charge in [-0.05, 0) is 138 Å². The zero-order valence-electron chi connectivity index (χ0n) is 41.0. The minimum Gasteiger partial charge on any atom is -0.335 e.